The van der Waals surface area contributed by atoms with E-state index in [1.54, 1.807) is 23.1 Å². The van der Waals surface area contributed by atoms with E-state index >= 15 is 0 Å². The first-order valence-electron chi connectivity index (χ1n) is 5.19. The van der Waals surface area contributed by atoms with Crippen LogP contribution in [0.5, 0.6) is 0 Å². The quantitative estimate of drug-likeness (QED) is 0.705. The summed E-state index contributed by atoms with van der Waals surface area (Å²) >= 11 is 3.42. The number of hydrogen-bond donors (Lipinski definition) is 1. The van der Waals surface area contributed by atoms with Gasteiger partial charge in [-0.15, -0.1) is 11.3 Å². The second-order valence-corrected chi connectivity index (χ2v) is 5.90. The number of anilines is 1. The average molecular weight is 258 g/mol. The third kappa shape index (κ3) is 2.28. The Morgan fingerprint density at radius 1 is 1.12 bits per heavy atom. The highest BCUT2D eigenvalue weighted by Crippen LogP contribution is 2.31. The van der Waals surface area contributed by atoms with E-state index in [-0.39, 0.29) is 0 Å². The topological polar surface area (TPSA) is 38.9 Å². The molecule has 2 heterocycles. The highest BCUT2D eigenvalue weighted by Gasteiger charge is 2.02. The van der Waals surface area contributed by atoms with E-state index in [4.69, 9.17) is 5.73 Å². The van der Waals surface area contributed by atoms with Gasteiger partial charge in [0.2, 0.25) is 0 Å². The van der Waals surface area contributed by atoms with Crippen molar-refractivity contribution < 1.29 is 0 Å². The highest BCUT2D eigenvalue weighted by atomic mass is 32.2. The molecule has 2 aromatic heterocycles. The number of pyridine rings is 1. The fourth-order valence-corrected chi connectivity index (χ4v) is 3.30. The molecule has 0 saturated carbocycles. The molecule has 0 aliphatic carbocycles. The van der Waals surface area contributed by atoms with Gasteiger partial charge < -0.3 is 5.73 Å². The lowest BCUT2D eigenvalue weighted by Crippen LogP contribution is -1.86. The summed E-state index contributed by atoms with van der Waals surface area (Å²) in [4.78, 5) is 4.61. The van der Waals surface area contributed by atoms with Crippen LogP contribution in [0.25, 0.3) is 10.9 Å². The van der Waals surface area contributed by atoms with E-state index in [1.807, 2.05) is 24.3 Å². The number of nitrogen functional groups attached to an aromatic ring is 1. The molecule has 4 heteroatoms. The molecule has 0 saturated heterocycles. The molecule has 0 bridgehead atoms. The molecule has 0 fully saturated rings. The Balaban J connectivity index is 1.99. The van der Waals surface area contributed by atoms with Crippen LogP contribution >= 0.6 is 23.1 Å². The monoisotopic (exact) mass is 258 g/mol. The van der Waals surface area contributed by atoms with E-state index in [2.05, 4.69) is 28.6 Å². The van der Waals surface area contributed by atoms with E-state index in [1.165, 1.54) is 4.21 Å². The lowest BCUT2D eigenvalue weighted by Gasteiger charge is -2.02. The first kappa shape index (κ1) is 10.6. The van der Waals surface area contributed by atoms with Crippen LogP contribution in [0.4, 0.5) is 5.69 Å². The average Bonchev–Trinajstić information content (AvgIpc) is 2.82. The number of nitrogens with two attached hydrogens (primary N) is 1. The lowest BCUT2D eigenvalue weighted by atomic mass is 10.2. The number of benzene rings is 1. The van der Waals surface area contributed by atoms with Crippen LogP contribution in [0.1, 0.15) is 0 Å². The maximum Gasteiger partial charge on any atom is 0.102 e. The number of aromatic nitrogens is 1. The molecule has 0 unspecified atom stereocenters. The smallest absolute Gasteiger partial charge is 0.102 e. The Kier molecular flexibility index (Phi) is 2.74. The number of nitrogens with zero attached hydrogens (tertiary/aromatic N) is 1. The number of fused-ring (bicyclic) bond motifs is 1. The van der Waals surface area contributed by atoms with Gasteiger partial charge in [0.05, 0.1) is 9.73 Å². The number of thiophene rings is 1. The van der Waals surface area contributed by atoms with Crippen molar-refractivity contribution in [2.24, 2.45) is 0 Å². The predicted octanol–water partition coefficient (Wildman–Crippen LogP) is 4.03. The summed E-state index contributed by atoms with van der Waals surface area (Å²) in [6, 6.07) is 14.0. The van der Waals surface area contributed by atoms with Gasteiger partial charge in [0.25, 0.3) is 0 Å². The van der Waals surface area contributed by atoms with Crippen LogP contribution in [-0.4, -0.2) is 4.98 Å². The van der Waals surface area contributed by atoms with Crippen molar-refractivity contribution in [1.82, 2.24) is 4.98 Å². The molecule has 2 N–H and O–H groups in total. The van der Waals surface area contributed by atoms with Gasteiger partial charge in [0, 0.05) is 11.1 Å². The van der Waals surface area contributed by atoms with Gasteiger partial charge in [0.15, 0.2) is 0 Å². The molecule has 0 spiro atoms. The summed E-state index contributed by atoms with van der Waals surface area (Å²) in [7, 11) is 0. The zero-order valence-corrected chi connectivity index (χ0v) is 10.6. The van der Waals surface area contributed by atoms with Gasteiger partial charge in [-0.3, -0.25) is 0 Å². The molecule has 0 radical (unpaired) electrons. The van der Waals surface area contributed by atoms with Crippen molar-refractivity contribution >= 4 is 39.7 Å². The molecule has 0 aliphatic rings. The zero-order valence-electron chi connectivity index (χ0n) is 8.96. The summed E-state index contributed by atoms with van der Waals surface area (Å²) in [5.74, 6) is 0. The minimum atomic E-state index is 0.776. The molecule has 3 aromatic rings. The van der Waals surface area contributed by atoms with Gasteiger partial charge in [-0.2, -0.15) is 0 Å². The van der Waals surface area contributed by atoms with Crippen LogP contribution in [0.3, 0.4) is 0 Å². The standard InChI is InChI=1S/C13H10N2S2/c14-10-4-5-11-9(8-10)3-6-12(15-11)17-13-2-1-7-16-13/h1-8H,14H2. The van der Waals surface area contributed by atoms with E-state index < -0.39 is 0 Å². The van der Waals surface area contributed by atoms with Crippen molar-refractivity contribution in [3.05, 3.63) is 47.8 Å². The second-order valence-electron chi connectivity index (χ2n) is 3.64. The molecule has 0 amide bonds. The first-order chi connectivity index (χ1) is 8.31. The Morgan fingerprint density at radius 3 is 2.88 bits per heavy atom. The van der Waals surface area contributed by atoms with Crippen molar-refractivity contribution in [3.8, 4) is 0 Å². The number of hydrogen-bond acceptors (Lipinski definition) is 4. The second kappa shape index (κ2) is 4.39. The third-order valence-electron chi connectivity index (χ3n) is 2.39. The fraction of sp³-hybridized carbons (Fsp3) is 0. The van der Waals surface area contributed by atoms with Crippen molar-refractivity contribution in [2.75, 3.05) is 5.73 Å². The van der Waals surface area contributed by atoms with E-state index in [0.717, 1.165) is 21.6 Å². The normalized spacial score (nSPS) is 10.8. The molecule has 3 rings (SSSR count). The molecule has 2 nitrogen and oxygen atoms in total. The van der Waals surface area contributed by atoms with Crippen molar-refractivity contribution in [3.63, 3.8) is 0 Å². The molecular formula is C13H10N2S2. The summed E-state index contributed by atoms with van der Waals surface area (Å²) in [6.07, 6.45) is 0. The molecule has 17 heavy (non-hydrogen) atoms. The maximum absolute atomic E-state index is 5.74. The van der Waals surface area contributed by atoms with Crippen LogP contribution in [0.2, 0.25) is 0 Å². The van der Waals surface area contributed by atoms with Gasteiger partial charge in [-0.1, -0.05) is 23.9 Å². The van der Waals surface area contributed by atoms with Gasteiger partial charge >= 0.3 is 0 Å². The summed E-state index contributed by atoms with van der Waals surface area (Å²) in [5, 5.41) is 4.18. The molecular weight excluding hydrogens is 248 g/mol. The highest BCUT2D eigenvalue weighted by molar-refractivity contribution is 8.01. The number of rotatable bonds is 2. The van der Waals surface area contributed by atoms with Crippen molar-refractivity contribution in [2.45, 2.75) is 9.24 Å². The summed E-state index contributed by atoms with van der Waals surface area (Å²) in [6.45, 7) is 0. The van der Waals surface area contributed by atoms with Gasteiger partial charge in [-0.25, -0.2) is 4.98 Å². The Hall–Kier alpha value is -1.52. The first-order valence-corrected chi connectivity index (χ1v) is 6.88. The third-order valence-corrected chi connectivity index (χ3v) is 4.36. The van der Waals surface area contributed by atoms with Crippen LogP contribution in [0.15, 0.2) is 57.1 Å². The SMILES string of the molecule is Nc1ccc2nc(Sc3cccs3)ccc2c1. The Labute approximate surface area is 107 Å². The van der Waals surface area contributed by atoms with Crippen molar-refractivity contribution in [1.29, 1.82) is 0 Å². The predicted molar refractivity (Wildman–Crippen MR) is 74.6 cm³/mol. The van der Waals surface area contributed by atoms with E-state index in [0.29, 0.717) is 0 Å². The van der Waals surface area contributed by atoms with E-state index in [9.17, 15) is 0 Å². The van der Waals surface area contributed by atoms with Crippen LogP contribution in [0, 0.1) is 0 Å². The largest absolute Gasteiger partial charge is 0.399 e. The van der Waals surface area contributed by atoms with Gasteiger partial charge in [-0.05, 0) is 35.7 Å². The molecule has 84 valence electrons. The Morgan fingerprint density at radius 2 is 2.06 bits per heavy atom. The Bertz CT molecular complexity index is 648. The molecule has 1 aromatic carbocycles. The maximum atomic E-state index is 5.74. The minimum absolute atomic E-state index is 0.776. The lowest BCUT2D eigenvalue weighted by molar-refractivity contribution is 1.19. The summed E-state index contributed by atoms with van der Waals surface area (Å²) < 4.78 is 1.26. The van der Waals surface area contributed by atoms with Crippen LogP contribution < -0.4 is 5.73 Å². The van der Waals surface area contributed by atoms with Gasteiger partial charge in [0.1, 0.15) is 5.03 Å². The summed E-state index contributed by atoms with van der Waals surface area (Å²) in [5.41, 5.74) is 7.50. The van der Waals surface area contributed by atoms with Crippen LogP contribution in [-0.2, 0) is 0 Å². The fourth-order valence-electron chi connectivity index (χ4n) is 1.61. The molecule has 0 aliphatic heterocycles. The molecule has 0 atom stereocenters. The minimum Gasteiger partial charge on any atom is -0.399 e. The zero-order chi connectivity index (χ0) is 11.7.